The molecule has 7 nitrogen and oxygen atoms in total. The van der Waals surface area contributed by atoms with E-state index in [1.807, 2.05) is 4.90 Å². The zero-order valence-electron chi connectivity index (χ0n) is 17.0. The van der Waals surface area contributed by atoms with Gasteiger partial charge in [-0.1, -0.05) is 19.3 Å². The van der Waals surface area contributed by atoms with Crippen LogP contribution in [-0.2, 0) is 24.2 Å². The van der Waals surface area contributed by atoms with Gasteiger partial charge in [-0.15, -0.1) is 0 Å². The van der Waals surface area contributed by atoms with Gasteiger partial charge in [0.15, 0.2) is 9.84 Å². The van der Waals surface area contributed by atoms with E-state index in [0.29, 0.717) is 32.2 Å². The molecule has 8 heteroatoms. The van der Waals surface area contributed by atoms with Crippen molar-refractivity contribution in [3.63, 3.8) is 0 Å². The zero-order chi connectivity index (χ0) is 20.1. The van der Waals surface area contributed by atoms with Gasteiger partial charge in [-0.2, -0.15) is 0 Å². The Kier molecular flexibility index (Phi) is 7.36. The number of hydrogen-bond donors (Lipinski definition) is 0. The molecule has 0 N–H and O–H groups in total. The lowest BCUT2D eigenvalue weighted by Gasteiger charge is -2.40. The quantitative estimate of drug-likeness (QED) is 0.636. The Morgan fingerprint density at radius 1 is 0.964 bits per heavy atom. The molecule has 2 saturated heterocycles. The summed E-state index contributed by atoms with van der Waals surface area (Å²) in [6, 6.07) is 0.362. The standard InChI is InChI=1S/C20H34N2O5S/c1-16(27-20(24)17-5-3-2-4-6-17)15-19(23)22-9-7-18(8-10-22)21-11-13-28(25,26)14-12-21/h16-18H,2-15H2,1H3. The predicted molar refractivity (Wildman–Crippen MR) is 107 cm³/mol. The average molecular weight is 415 g/mol. The molecule has 0 aromatic rings. The van der Waals surface area contributed by atoms with Crippen molar-refractivity contribution >= 4 is 21.7 Å². The van der Waals surface area contributed by atoms with Crippen molar-refractivity contribution in [2.24, 2.45) is 5.92 Å². The molecule has 3 rings (SSSR count). The number of piperidine rings is 1. The maximum Gasteiger partial charge on any atom is 0.309 e. The lowest BCUT2D eigenvalue weighted by Crippen LogP contribution is -2.51. The van der Waals surface area contributed by atoms with E-state index in [-0.39, 0.29) is 41.8 Å². The second-order valence-electron chi connectivity index (χ2n) is 8.59. The van der Waals surface area contributed by atoms with Crippen LogP contribution in [0.15, 0.2) is 0 Å². The van der Waals surface area contributed by atoms with Crippen LogP contribution in [0.1, 0.15) is 58.3 Å². The van der Waals surface area contributed by atoms with Crippen LogP contribution in [0.2, 0.25) is 0 Å². The molecule has 3 aliphatic rings. The fraction of sp³-hybridized carbons (Fsp3) is 0.900. The monoisotopic (exact) mass is 414 g/mol. The van der Waals surface area contributed by atoms with Crippen molar-refractivity contribution in [1.29, 1.82) is 0 Å². The van der Waals surface area contributed by atoms with E-state index in [4.69, 9.17) is 4.74 Å². The van der Waals surface area contributed by atoms with E-state index < -0.39 is 9.84 Å². The number of ether oxygens (including phenoxy) is 1. The number of carbonyl (C=O) groups is 2. The molecule has 0 aromatic heterocycles. The van der Waals surface area contributed by atoms with E-state index in [2.05, 4.69) is 4.90 Å². The molecule has 0 aromatic carbocycles. The molecular weight excluding hydrogens is 380 g/mol. The van der Waals surface area contributed by atoms with E-state index in [9.17, 15) is 18.0 Å². The normalized spacial score (nSPS) is 26.0. The van der Waals surface area contributed by atoms with Crippen LogP contribution in [0.3, 0.4) is 0 Å². The summed E-state index contributed by atoms with van der Waals surface area (Å²) in [5.74, 6) is 0.407. The molecule has 2 heterocycles. The molecule has 1 amide bonds. The van der Waals surface area contributed by atoms with Crippen molar-refractivity contribution in [3.8, 4) is 0 Å². The topological polar surface area (TPSA) is 84.0 Å². The van der Waals surface area contributed by atoms with Crippen molar-refractivity contribution in [2.75, 3.05) is 37.7 Å². The average Bonchev–Trinajstić information content (AvgIpc) is 2.68. The molecule has 0 radical (unpaired) electrons. The zero-order valence-corrected chi connectivity index (χ0v) is 17.8. The maximum absolute atomic E-state index is 12.6. The highest BCUT2D eigenvalue weighted by Crippen LogP contribution is 2.25. The van der Waals surface area contributed by atoms with Gasteiger partial charge in [-0.05, 0) is 32.6 Å². The van der Waals surface area contributed by atoms with Gasteiger partial charge in [0.05, 0.1) is 23.8 Å². The number of carbonyl (C=O) groups excluding carboxylic acids is 2. The predicted octanol–water partition coefficient (Wildman–Crippen LogP) is 1.61. The van der Waals surface area contributed by atoms with E-state index in [1.54, 1.807) is 6.92 Å². The number of esters is 1. The van der Waals surface area contributed by atoms with Crippen LogP contribution in [-0.4, -0.2) is 79.9 Å². The number of nitrogens with zero attached hydrogens (tertiary/aromatic N) is 2. The SMILES string of the molecule is CC(CC(=O)N1CCC(N2CCS(=O)(=O)CC2)CC1)OC(=O)C1CCCCC1. The molecule has 2 aliphatic heterocycles. The molecule has 1 aliphatic carbocycles. The molecular formula is C20H34N2O5S. The van der Waals surface area contributed by atoms with Crippen LogP contribution < -0.4 is 0 Å². The van der Waals surface area contributed by atoms with E-state index >= 15 is 0 Å². The highest BCUT2D eigenvalue weighted by Gasteiger charge is 2.31. The van der Waals surface area contributed by atoms with Gasteiger partial charge in [0, 0.05) is 32.2 Å². The summed E-state index contributed by atoms with van der Waals surface area (Å²) in [5.41, 5.74) is 0. The molecule has 1 atom stereocenters. The number of sulfone groups is 1. The first-order valence-corrected chi connectivity index (χ1v) is 12.6. The lowest BCUT2D eigenvalue weighted by atomic mass is 9.89. The fourth-order valence-corrected chi connectivity index (χ4v) is 5.85. The van der Waals surface area contributed by atoms with E-state index in [0.717, 1.165) is 38.5 Å². The van der Waals surface area contributed by atoms with Crippen LogP contribution in [0, 0.1) is 5.92 Å². The van der Waals surface area contributed by atoms with Crippen molar-refractivity contribution in [1.82, 2.24) is 9.80 Å². The minimum absolute atomic E-state index is 0.00963. The number of rotatable bonds is 5. The first-order valence-electron chi connectivity index (χ1n) is 10.8. The van der Waals surface area contributed by atoms with Crippen LogP contribution in [0.25, 0.3) is 0 Å². The summed E-state index contributed by atoms with van der Waals surface area (Å²) in [7, 11) is -2.86. The summed E-state index contributed by atoms with van der Waals surface area (Å²) >= 11 is 0. The second-order valence-corrected chi connectivity index (χ2v) is 10.9. The van der Waals surface area contributed by atoms with Gasteiger partial charge in [0.1, 0.15) is 6.10 Å². The summed E-state index contributed by atoms with van der Waals surface area (Å²) in [5, 5.41) is 0. The summed E-state index contributed by atoms with van der Waals surface area (Å²) in [4.78, 5) is 28.9. The Balaban J connectivity index is 1.38. The third-order valence-electron chi connectivity index (χ3n) is 6.43. The Labute approximate surface area is 168 Å². The first-order chi connectivity index (χ1) is 13.3. The Hall–Kier alpha value is -1.15. The molecule has 1 unspecified atom stereocenters. The lowest BCUT2D eigenvalue weighted by molar-refractivity contribution is -0.156. The molecule has 3 fully saturated rings. The van der Waals surface area contributed by atoms with Gasteiger partial charge in [0.25, 0.3) is 0 Å². The number of amides is 1. The molecule has 0 bridgehead atoms. The largest absolute Gasteiger partial charge is 0.462 e. The van der Waals surface area contributed by atoms with Gasteiger partial charge in [0.2, 0.25) is 5.91 Å². The molecule has 0 spiro atoms. The maximum atomic E-state index is 12.6. The van der Waals surface area contributed by atoms with Crippen molar-refractivity contribution in [2.45, 2.75) is 70.4 Å². The highest BCUT2D eigenvalue weighted by atomic mass is 32.2. The molecule has 1 saturated carbocycles. The Bertz CT molecular complexity index is 638. The summed E-state index contributed by atoms with van der Waals surface area (Å²) in [6.07, 6.45) is 6.80. The van der Waals surface area contributed by atoms with Gasteiger partial charge < -0.3 is 9.64 Å². The van der Waals surface area contributed by atoms with Crippen LogP contribution >= 0.6 is 0 Å². The third kappa shape index (κ3) is 5.92. The van der Waals surface area contributed by atoms with Crippen molar-refractivity contribution in [3.05, 3.63) is 0 Å². The smallest absolute Gasteiger partial charge is 0.309 e. The Morgan fingerprint density at radius 3 is 2.18 bits per heavy atom. The second kappa shape index (κ2) is 9.57. The third-order valence-corrected chi connectivity index (χ3v) is 8.04. The fourth-order valence-electron chi connectivity index (χ4n) is 4.62. The van der Waals surface area contributed by atoms with Gasteiger partial charge >= 0.3 is 5.97 Å². The Morgan fingerprint density at radius 2 is 1.57 bits per heavy atom. The minimum Gasteiger partial charge on any atom is -0.462 e. The highest BCUT2D eigenvalue weighted by molar-refractivity contribution is 7.91. The van der Waals surface area contributed by atoms with Crippen LogP contribution in [0.4, 0.5) is 0 Å². The minimum atomic E-state index is -2.86. The molecule has 28 heavy (non-hydrogen) atoms. The van der Waals surface area contributed by atoms with Crippen molar-refractivity contribution < 1.29 is 22.7 Å². The number of likely N-dealkylation sites (tertiary alicyclic amines) is 1. The first kappa shape index (κ1) is 21.6. The molecule has 160 valence electrons. The van der Waals surface area contributed by atoms with Gasteiger partial charge in [-0.25, -0.2) is 8.42 Å². The summed E-state index contributed by atoms with van der Waals surface area (Å²) in [6.45, 7) is 4.40. The summed E-state index contributed by atoms with van der Waals surface area (Å²) < 4.78 is 28.7. The van der Waals surface area contributed by atoms with Gasteiger partial charge in [-0.3, -0.25) is 14.5 Å². The number of hydrogen-bond acceptors (Lipinski definition) is 6. The van der Waals surface area contributed by atoms with Crippen LogP contribution in [0.5, 0.6) is 0 Å². The van der Waals surface area contributed by atoms with E-state index in [1.165, 1.54) is 6.42 Å².